The zero-order valence-electron chi connectivity index (χ0n) is 16.9. The van der Waals surface area contributed by atoms with Gasteiger partial charge in [0, 0.05) is 23.6 Å². The summed E-state index contributed by atoms with van der Waals surface area (Å²) in [6, 6.07) is 7.89. The van der Waals surface area contributed by atoms with Gasteiger partial charge < -0.3 is 15.2 Å². The van der Waals surface area contributed by atoms with Gasteiger partial charge in [-0.3, -0.25) is 9.59 Å². The van der Waals surface area contributed by atoms with Crippen LogP contribution in [0.15, 0.2) is 28.8 Å². The Kier molecular flexibility index (Phi) is 6.49. The molecule has 2 amide bonds. The Bertz CT molecular complexity index is 813. The van der Waals surface area contributed by atoms with E-state index in [0.717, 1.165) is 31.4 Å². The lowest BCUT2D eigenvalue weighted by molar-refractivity contribution is -0.125. The molecule has 1 aromatic carbocycles. The van der Waals surface area contributed by atoms with Crippen molar-refractivity contribution in [1.29, 1.82) is 0 Å². The number of carbonyl (C=O) groups is 2. The first-order chi connectivity index (χ1) is 13.5. The monoisotopic (exact) mass is 383 g/mol. The van der Waals surface area contributed by atoms with Crippen LogP contribution in [0.1, 0.15) is 56.4 Å². The number of aryl methyl sites for hydroxylation is 3. The van der Waals surface area contributed by atoms with Gasteiger partial charge in [-0.05, 0) is 56.6 Å². The van der Waals surface area contributed by atoms with Crippen molar-refractivity contribution < 1.29 is 14.1 Å². The van der Waals surface area contributed by atoms with Gasteiger partial charge in [0.2, 0.25) is 11.8 Å². The fourth-order valence-corrected chi connectivity index (χ4v) is 3.90. The number of amides is 2. The predicted octanol–water partition coefficient (Wildman–Crippen LogP) is 4.49. The third-order valence-corrected chi connectivity index (χ3v) is 5.60. The summed E-state index contributed by atoms with van der Waals surface area (Å²) < 4.78 is 4.98. The third kappa shape index (κ3) is 4.61. The van der Waals surface area contributed by atoms with Crippen molar-refractivity contribution in [1.82, 2.24) is 5.16 Å². The molecule has 2 aromatic rings. The van der Waals surface area contributed by atoms with Crippen molar-refractivity contribution in [2.45, 2.75) is 59.3 Å². The minimum absolute atomic E-state index is 0.0447. The first-order valence-electron chi connectivity index (χ1n) is 10.2. The van der Waals surface area contributed by atoms with Gasteiger partial charge in [-0.25, -0.2) is 0 Å². The van der Waals surface area contributed by atoms with Crippen LogP contribution in [0.25, 0.3) is 0 Å². The average molecular weight is 383 g/mol. The highest BCUT2D eigenvalue weighted by Crippen LogP contribution is 2.31. The van der Waals surface area contributed by atoms with Crippen LogP contribution in [0.4, 0.5) is 11.5 Å². The molecule has 1 heterocycles. The molecule has 0 aliphatic heterocycles. The van der Waals surface area contributed by atoms with Gasteiger partial charge >= 0.3 is 0 Å². The fraction of sp³-hybridized carbons (Fsp3) is 0.500. The minimum atomic E-state index is -0.0878. The Balaban J connectivity index is 1.56. The Labute approximate surface area is 166 Å². The standard InChI is InChI=1S/C22H29N3O3/c1-4-15-7-6-8-16(5-2)20(15)24-22(27)18-11-9-17(10-12-18)21(26)23-19-13-14(3)28-25-19/h6-8,13,17-18H,4-5,9-12H2,1-3H3,(H,24,27)(H,23,25,26). The quantitative estimate of drug-likeness (QED) is 0.770. The van der Waals surface area contributed by atoms with Crippen LogP contribution in [0.3, 0.4) is 0 Å². The van der Waals surface area contributed by atoms with Crippen LogP contribution >= 0.6 is 0 Å². The Morgan fingerprint density at radius 2 is 1.54 bits per heavy atom. The van der Waals surface area contributed by atoms with Crippen LogP contribution in [0.2, 0.25) is 0 Å². The van der Waals surface area contributed by atoms with E-state index in [1.165, 1.54) is 11.1 Å². The maximum absolute atomic E-state index is 12.8. The summed E-state index contributed by atoms with van der Waals surface area (Å²) in [6.07, 6.45) is 4.62. The highest BCUT2D eigenvalue weighted by Gasteiger charge is 2.30. The summed E-state index contributed by atoms with van der Waals surface area (Å²) >= 11 is 0. The average Bonchev–Trinajstić information content (AvgIpc) is 3.12. The number of aromatic nitrogens is 1. The Hall–Kier alpha value is -2.63. The maximum atomic E-state index is 12.8. The molecule has 0 spiro atoms. The predicted molar refractivity (Wildman–Crippen MR) is 109 cm³/mol. The van der Waals surface area contributed by atoms with Crippen LogP contribution in [0, 0.1) is 18.8 Å². The van der Waals surface area contributed by atoms with Gasteiger partial charge in [-0.1, -0.05) is 37.2 Å². The summed E-state index contributed by atoms with van der Waals surface area (Å²) in [7, 11) is 0. The van der Waals surface area contributed by atoms with E-state index in [1.54, 1.807) is 13.0 Å². The molecule has 6 nitrogen and oxygen atoms in total. The molecule has 3 rings (SSSR count). The molecule has 1 aliphatic carbocycles. The summed E-state index contributed by atoms with van der Waals surface area (Å²) in [5, 5.41) is 9.78. The number of anilines is 2. The minimum Gasteiger partial charge on any atom is -0.360 e. The topological polar surface area (TPSA) is 84.2 Å². The van der Waals surface area contributed by atoms with Crippen molar-refractivity contribution in [2.75, 3.05) is 10.6 Å². The molecule has 1 aromatic heterocycles. The highest BCUT2D eigenvalue weighted by atomic mass is 16.5. The first kappa shape index (κ1) is 20.1. The molecular formula is C22H29N3O3. The molecule has 1 aliphatic rings. The van der Waals surface area contributed by atoms with Crippen LogP contribution < -0.4 is 10.6 Å². The number of para-hydroxylation sites is 1. The largest absolute Gasteiger partial charge is 0.360 e. The molecule has 2 N–H and O–H groups in total. The maximum Gasteiger partial charge on any atom is 0.228 e. The molecule has 28 heavy (non-hydrogen) atoms. The summed E-state index contributed by atoms with van der Waals surface area (Å²) in [6.45, 7) is 5.99. The van der Waals surface area contributed by atoms with Gasteiger partial charge in [0.15, 0.2) is 5.82 Å². The second-order valence-electron chi connectivity index (χ2n) is 7.51. The lowest BCUT2D eigenvalue weighted by Gasteiger charge is -2.27. The molecule has 6 heteroatoms. The van der Waals surface area contributed by atoms with Crippen molar-refractivity contribution in [3.05, 3.63) is 41.2 Å². The fourth-order valence-electron chi connectivity index (χ4n) is 3.90. The van der Waals surface area contributed by atoms with Gasteiger partial charge in [0.1, 0.15) is 5.76 Å². The molecule has 0 bridgehead atoms. The molecule has 150 valence electrons. The number of rotatable bonds is 6. The lowest BCUT2D eigenvalue weighted by Crippen LogP contribution is -2.32. The lowest BCUT2D eigenvalue weighted by atomic mass is 9.81. The van der Waals surface area contributed by atoms with E-state index < -0.39 is 0 Å². The normalized spacial score (nSPS) is 19.2. The number of carbonyl (C=O) groups excluding carboxylic acids is 2. The van der Waals surface area contributed by atoms with Crippen molar-refractivity contribution >= 4 is 23.3 Å². The molecule has 0 radical (unpaired) electrons. The van der Waals surface area contributed by atoms with Crippen LogP contribution in [-0.2, 0) is 22.4 Å². The smallest absolute Gasteiger partial charge is 0.228 e. The second kappa shape index (κ2) is 9.04. The van der Waals surface area contributed by atoms with Crippen LogP contribution in [-0.4, -0.2) is 17.0 Å². The van der Waals surface area contributed by atoms with E-state index in [-0.39, 0.29) is 23.7 Å². The van der Waals surface area contributed by atoms with Gasteiger partial charge in [0.25, 0.3) is 0 Å². The van der Waals surface area contributed by atoms with E-state index in [2.05, 4.69) is 41.8 Å². The molecular weight excluding hydrogens is 354 g/mol. The zero-order chi connectivity index (χ0) is 20.1. The summed E-state index contributed by atoms with van der Waals surface area (Å²) in [4.78, 5) is 25.3. The molecule has 1 fully saturated rings. The Morgan fingerprint density at radius 3 is 2.00 bits per heavy atom. The Morgan fingerprint density at radius 1 is 1.00 bits per heavy atom. The van der Waals surface area contributed by atoms with Crippen molar-refractivity contribution in [3.8, 4) is 0 Å². The van der Waals surface area contributed by atoms with Crippen LogP contribution in [0.5, 0.6) is 0 Å². The highest BCUT2D eigenvalue weighted by molar-refractivity contribution is 5.95. The van der Waals surface area contributed by atoms with Gasteiger partial charge in [-0.15, -0.1) is 0 Å². The number of hydrogen-bond donors (Lipinski definition) is 2. The zero-order valence-corrected chi connectivity index (χ0v) is 16.9. The van der Waals surface area contributed by atoms with Gasteiger partial charge in [0.05, 0.1) is 0 Å². The SMILES string of the molecule is CCc1cccc(CC)c1NC(=O)C1CCC(C(=O)Nc2cc(C)on2)CC1. The molecule has 0 atom stereocenters. The van der Waals surface area contributed by atoms with Crippen molar-refractivity contribution in [2.24, 2.45) is 11.8 Å². The number of hydrogen-bond acceptors (Lipinski definition) is 4. The van der Waals surface area contributed by atoms with E-state index in [9.17, 15) is 9.59 Å². The second-order valence-corrected chi connectivity index (χ2v) is 7.51. The van der Waals surface area contributed by atoms with E-state index >= 15 is 0 Å². The third-order valence-electron chi connectivity index (χ3n) is 5.60. The number of nitrogens with one attached hydrogen (secondary N) is 2. The van der Waals surface area contributed by atoms with E-state index in [0.29, 0.717) is 24.4 Å². The summed E-state index contributed by atoms with van der Waals surface area (Å²) in [5.41, 5.74) is 3.31. The van der Waals surface area contributed by atoms with E-state index in [4.69, 9.17) is 4.52 Å². The molecule has 0 unspecified atom stereocenters. The van der Waals surface area contributed by atoms with E-state index in [1.807, 2.05) is 6.07 Å². The molecule has 1 saturated carbocycles. The number of nitrogens with zero attached hydrogens (tertiary/aromatic N) is 1. The number of benzene rings is 1. The summed E-state index contributed by atoms with van der Waals surface area (Å²) in [5.74, 6) is 1.00. The van der Waals surface area contributed by atoms with Gasteiger partial charge in [-0.2, -0.15) is 0 Å². The molecule has 0 saturated heterocycles. The van der Waals surface area contributed by atoms with Crippen molar-refractivity contribution in [3.63, 3.8) is 0 Å². The first-order valence-corrected chi connectivity index (χ1v) is 10.2.